The lowest BCUT2D eigenvalue weighted by molar-refractivity contribution is 0.127. The number of aliphatic hydroxyl groups is 1. The summed E-state index contributed by atoms with van der Waals surface area (Å²) in [5.74, 6) is 0. The number of thioether (sulfide) groups is 1. The SMILES string of the molecule is CC1OCCC1Sc1ccc(CO)c(Br)c1. The van der Waals surface area contributed by atoms with Gasteiger partial charge in [-0.1, -0.05) is 22.0 Å². The highest BCUT2D eigenvalue weighted by molar-refractivity contribution is 9.10. The number of hydrogen-bond donors (Lipinski definition) is 1. The number of hydrogen-bond acceptors (Lipinski definition) is 3. The second kappa shape index (κ2) is 5.54. The summed E-state index contributed by atoms with van der Waals surface area (Å²) >= 11 is 5.32. The van der Waals surface area contributed by atoms with Crippen LogP contribution >= 0.6 is 27.7 Å². The smallest absolute Gasteiger partial charge is 0.0692 e. The fraction of sp³-hybridized carbons (Fsp3) is 0.500. The molecule has 88 valence electrons. The third-order valence-corrected chi connectivity index (χ3v) is 4.98. The zero-order chi connectivity index (χ0) is 11.5. The number of rotatable bonds is 3. The van der Waals surface area contributed by atoms with Crippen molar-refractivity contribution in [3.8, 4) is 0 Å². The molecule has 1 fully saturated rings. The summed E-state index contributed by atoms with van der Waals surface area (Å²) in [5.41, 5.74) is 0.931. The van der Waals surface area contributed by atoms with Crippen molar-refractivity contribution in [2.24, 2.45) is 0 Å². The van der Waals surface area contributed by atoms with Crippen molar-refractivity contribution in [1.29, 1.82) is 0 Å². The predicted octanol–water partition coefficient (Wildman–Crippen LogP) is 3.21. The fourth-order valence-corrected chi connectivity index (χ4v) is 3.59. The average molecular weight is 303 g/mol. The van der Waals surface area contributed by atoms with Gasteiger partial charge in [-0.3, -0.25) is 0 Å². The summed E-state index contributed by atoms with van der Waals surface area (Å²) < 4.78 is 6.52. The van der Waals surface area contributed by atoms with Crippen molar-refractivity contribution in [3.63, 3.8) is 0 Å². The zero-order valence-electron chi connectivity index (χ0n) is 9.15. The molecule has 0 bridgehead atoms. The lowest BCUT2D eigenvalue weighted by atomic mass is 10.2. The third kappa shape index (κ3) is 2.80. The minimum absolute atomic E-state index is 0.0778. The van der Waals surface area contributed by atoms with Crippen LogP contribution < -0.4 is 0 Å². The molecule has 2 unspecified atom stereocenters. The van der Waals surface area contributed by atoms with Gasteiger partial charge in [-0.2, -0.15) is 0 Å². The van der Waals surface area contributed by atoms with Gasteiger partial charge in [0.25, 0.3) is 0 Å². The summed E-state index contributed by atoms with van der Waals surface area (Å²) in [5, 5.41) is 9.63. The second-order valence-electron chi connectivity index (χ2n) is 3.93. The molecule has 16 heavy (non-hydrogen) atoms. The van der Waals surface area contributed by atoms with Crippen molar-refractivity contribution in [3.05, 3.63) is 28.2 Å². The van der Waals surface area contributed by atoms with E-state index in [1.807, 2.05) is 17.8 Å². The van der Waals surface area contributed by atoms with Gasteiger partial charge in [-0.15, -0.1) is 11.8 Å². The molecule has 1 aliphatic rings. The Hall–Kier alpha value is -0.0300. The van der Waals surface area contributed by atoms with Crippen LogP contribution in [0.15, 0.2) is 27.6 Å². The largest absolute Gasteiger partial charge is 0.392 e. The monoisotopic (exact) mass is 302 g/mol. The maximum absolute atomic E-state index is 9.08. The quantitative estimate of drug-likeness (QED) is 0.930. The molecule has 0 amide bonds. The number of ether oxygens (including phenoxy) is 1. The van der Waals surface area contributed by atoms with Crippen LogP contribution in [0.4, 0.5) is 0 Å². The van der Waals surface area contributed by atoms with Crippen LogP contribution in [-0.4, -0.2) is 23.1 Å². The Morgan fingerprint density at radius 3 is 2.94 bits per heavy atom. The molecule has 0 saturated carbocycles. The van der Waals surface area contributed by atoms with Gasteiger partial charge in [0.05, 0.1) is 12.7 Å². The molecule has 2 nitrogen and oxygen atoms in total. The van der Waals surface area contributed by atoms with E-state index < -0.39 is 0 Å². The Labute approximate surface area is 109 Å². The van der Waals surface area contributed by atoms with Crippen LogP contribution in [0, 0.1) is 0 Å². The molecule has 1 aromatic carbocycles. The molecule has 1 aliphatic heterocycles. The first-order chi connectivity index (χ1) is 7.70. The first kappa shape index (κ1) is 12.4. The van der Waals surface area contributed by atoms with E-state index in [1.165, 1.54) is 4.90 Å². The predicted molar refractivity (Wildman–Crippen MR) is 69.7 cm³/mol. The van der Waals surface area contributed by atoms with Crippen molar-refractivity contribution >= 4 is 27.7 Å². The highest BCUT2D eigenvalue weighted by Gasteiger charge is 2.25. The van der Waals surface area contributed by atoms with E-state index >= 15 is 0 Å². The van der Waals surface area contributed by atoms with Crippen molar-refractivity contribution in [2.75, 3.05) is 6.61 Å². The van der Waals surface area contributed by atoms with Crippen LogP contribution in [0.1, 0.15) is 18.9 Å². The minimum atomic E-state index is 0.0778. The highest BCUT2D eigenvalue weighted by Crippen LogP contribution is 2.34. The summed E-state index contributed by atoms with van der Waals surface area (Å²) in [6, 6.07) is 6.10. The molecule has 0 spiro atoms. The van der Waals surface area contributed by atoms with E-state index in [1.54, 1.807) is 0 Å². The van der Waals surface area contributed by atoms with Gasteiger partial charge in [0.2, 0.25) is 0 Å². The summed E-state index contributed by atoms with van der Waals surface area (Å²) in [7, 11) is 0. The average Bonchev–Trinajstić information content (AvgIpc) is 2.65. The molecule has 2 rings (SSSR count). The third-order valence-electron chi connectivity index (χ3n) is 2.79. The number of aliphatic hydroxyl groups excluding tert-OH is 1. The number of benzene rings is 1. The standard InChI is InChI=1S/C12H15BrO2S/c1-8-12(4-5-15-8)16-10-3-2-9(7-14)11(13)6-10/h2-3,6,8,12,14H,4-5,7H2,1H3. The normalized spacial score (nSPS) is 24.9. The molecule has 0 aliphatic carbocycles. The molecule has 1 aromatic rings. The Morgan fingerprint density at radius 1 is 1.56 bits per heavy atom. The van der Waals surface area contributed by atoms with Gasteiger partial charge in [0.15, 0.2) is 0 Å². The van der Waals surface area contributed by atoms with Crippen LogP contribution in [0.3, 0.4) is 0 Å². The van der Waals surface area contributed by atoms with Crippen molar-refractivity contribution in [2.45, 2.75) is 36.2 Å². The van der Waals surface area contributed by atoms with E-state index in [2.05, 4.69) is 35.0 Å². The Kier molecular flexibility index (Phi) is 4.30. The Balaban J connectivity index is 2.07. The second-order valence-corrected chi connectivity index (χ2v) is 6.10. The van der Waals surface area contributed by atoms with E-state index in [0.29, 0.717) is 11.4 Å². The van der Waals surface area contributed by atoms with Gasteiger partial charge in [0, 0.05) is 21.2 Å². The van der Waals surface area contributed by atoms with Crippen LogP contribution in [0.25, 0.3) is 0 Å². The molecule has 0 radical (unpaired) electrons. The lowest BCUT2D eigenvalue weighted by Gasteiger charge is -2.14. The summed E-state index contributed by atoms with van der Waals surface area (Å²) in [4.78, 5) is 1.23. The van der Waals surface area contributed by atoms with Gasteiger partial charge < -0.3 is 9.84 Å². The van der Waals surface area contributed by atoms with Gasteiger partial charge in [-0.05, 0) is 31.0 Å². The zero-order valence-corrected chi connectivity index (χ0v) is 11.6. The highest BCUT2D eigenvalue weighted by atomic mass is 79.9. The van der Waals surface area contributed by atoms with Crippen molar-refractivity contribution < 1.29 is 9.84 Å². The van der Waals surface area contributed by atoms with E-state index in [-0.39, 0.29) is 6.61 Å². The lowest BCUT2D eigenvalue weighted by Crippen LogP contribution is -2.12. The molecular weight excluding hydrogens is 288 g/mol. The maximum Gasteiger partial charge on any atom is 0.0692 e. The van der Waals surface area contributed by atoms with E-state index in [9.17, 15) is 0 Å². The molecular formula is C12H15BrO2S. The number of halogens is 1. The fourth-order valence-electron chi connectivity index (χ4n) is 1.77. The van der Waals surface area contributed by atoms with Crippen molar-refractivity contribution in [1.82, 2.24) is 0 Å². The Bertz CT molecular complexity index is 370. The molecule has 2 atom stereocenters. The van der Waals surface area contributed by atoms with Crippen LogP contribution in [0.5, 0.6) is 0 Å². The summed E-state index contributed by atoms with van der Waals surface area (Å²) in [6.07, 6.45) is 1.45. The minimum Gasteiger partial charge on any atom is -0.392 e. The first-order valence-electron chi connectivity index (χ1n) is 5.38. The van der Waals surface area contributed by atoms with E-state index in [0.717, 1.165) is 23.1 Å². The molecule has 4 heteroatoms. The first-order valence-corrected chi connectivity index (χ1v) is 7.05. The van der Waals surface area contributed by atoms with Crippen LogP contribution in [0.2, 0.25) is 0 Å². The van der Waals surface area contributed by atoms with Crippen LogP contribution in [-0.2, 0) is 11.3 Å². The topological polar surface area (TPSA) is 29.5 Å². The molecule has 1 saturated heterocycles. The van der Waals surface area contributed by atoms with Gasteiger partial charge in [-0.25, -0.2) is 0 Å². The Morgan fingerprint density at radius 2 is 2.38 bits per heavy atom. The molecule has 1 N–H and O–H groups in total. The molecule has 0 aromatic heterocycles. The van der Waals surface area contributed by atoms with E-state index in [4.69, 9.17) is 9.84 Å². The summed E-state index contributed by atoms with van der Waals surface area (Å²) in [6.45, 7) is 3.07. The maximum atomic E-state index is 9.08. The van der Waals surface area contributed by atoms with Gasteiger partial charge >= 0.3 is 0 Å². The molecule has 1 heterocycles. The van der Waals surface area contributed by atoms with Gasteiger partial charge in [0.1, 0.15) is 0 Å².